The van der Waals surface area contributed by atoms with E-state index in [1.54, 1.807) is 0 Å². The van der Waals surface area contributed by atoms with Crippen molar-refractivity contribution in [2.75, 3.05) is 0 Å². The number of fused-ring (bicyclic) bond motifs is 2. The van der Waals surface area contributed by atoms with Crippen molar-refractivity contribution < 1.29 is 14.7 Å². The summed E-state index contributed by atoms with van der Waals surface area (Å²) >= 11 is 2.23. The van der Waals surface area contributed by atoms with E-state index in [-0.39, 0.29) is 30.3 Å². The summed E-state index contributed by atoms with van der Waals surface area (Å²) in [5.74, 6) is -0.398. The average molecular weight is 399 g/mol. The number of carboxylic acid groups (broad SMARTS) is 1. The van der Waals surface area contributed by atoms with Crippen LogP contribution in [0.25, 0.3) is 0 Å². The summed E-state index contributed by atoms with van der Waals surface area (Å²) in [5.41, 5.74) is 0.740. The van der Waals surface area contributed by atoms with Gasteiger partial charge in [0.25, 0.3) is 5.91 Å². The molecule has 2 saturated heterocycles. The Morgan fingerprint density at radius 3 is 2.24 bits per heavy atom. The Kier molecular flexibility index (Phi) is 4.19. The number of amides is 1. The highest BCUT2D eigenvalue weighted by Gasteiger charge is 2.43. The van der Waals surface area contributed by atoms with Crippen LogP contribution in [0.5, 0.6) is 0 Å². The Labute approximate surface area is 137 Å². The molecule has 2 heterocycles. The van der Waals surface area contributed by atoms with E-state index in [1.165, 1.54) is 0 Å². The molecule has 21 heavy (non-hydrogen) atoms. The molecular formula is C16H18INO3. The van der Waals surface area contributed by atoms with Crippen LogP contribution in [0.15, 0.2) is 24.3 Å². The highest BCUT2D eigenvalue weighted by atomic mass is 127. The molecule has 2 unspecified atom stereocenters. The van der Waals surface area contributed by atoms with Crippen LogP contribution in [0.4, 0.5) is 0 Å². The van der Waals surface area contributed by atoms with Gasteiger partial charge < -0.3 is 10.0 Å². The normalized spacial score (nSPS) is 27.7. The first-order valence-electron chi connectivity index (χ1n) is 7.34. The third-order valence-electron chi connectivity index (χ3n) is 4.62. The van der Waals surface area contributed by atoms with Crippen molar-refractivity contribution in [3.63, 3.8) is 0 Å². The first kappa shape index (κ1) is 14.8. The summed E-state index contributed by atoms with van der Waals surface area (Å²) < 4.78 is 1.12. The van der Waals surface area contributed by atoms with Gasteiger partial charge in [0, 0.05) is 27.6 Å². The Morgan fingerprint density at radius 2 is 1.71 bits per heavy atom. The first-order chi connectivity index (χ1) is 10.0. The molecular weight excluding hydrogens is 381 g/mol. The smallest absolute Gasteiger partial charge is 0.303 e. The van der Waals surface area contributed by atoms with Crippen LogP contribution in [-0.2, 0) is 4.79 Å². The van der Waals surface area contributed by atoms with Crippen LogP contribution in [0.3, 0.4) is 0 Å². The molecule has 2 fully saturated rings. The fourth-order valence-corrected chi connectivity index (χ4v) is 4.14. The first-order valence-corrected chi connectivity index (χ1v) is 8.42. The molecule has 0 radical (unpaired) electrons. The second-order valence-electron chi connectivity index (χ2n) is 6.04. The van der Waals surface area contributed by atoms with Gasteiger partial charge in [-0.1, -0.05) is 0 Å². The summed E-state index contributed by atoms with van der Waals surface area (Å²) in [6.07, 6.45) is 3.92. The van der Waals surface area contributed by atoms with Gasteiger partial charge >= 0.3 is 5.97 Å². The van der Waals surface area contributed by atoms with Crippen molar-refractivity contribution in [3.05, 3.63) is 33.4 Å². The van der Waals surface area contributed by atoms with Crippen molar-refractivity contribution in [2.45, 2.75) is 44.2 Å². The Morgan fingerprint density at radius 1 is 1.14 bits per heavy atom. The van der Waals surface area contributed by atoms with Gasteiger partial charge in [-0.05, 0) is 78.5 Å². The molecule has 1 amide bonds. The molecule has 2 atom stereocenters. The van der Waals surface area contributed by atoms with Crippen LogP contribution in [-0.4, -0.2) is 34.0 Å². The molecule has 0 aliphatic carbocycles. The van der Waals surface area contributed by atoms with E-state index in [9.17, 15) is 9.59 Å². The van der Waals surface area contributed by atoms with Crippen LogP contribution in [0, 0.1) is 9.49 Å². The molecule has 2 bridgehead atoms. The number of benzene rings is 1. The third kappa shape index (κ3) is 3.07. The zero-order valence-electron chi connectivity index (χ0n) is 11.7. The Bertz CT molecular complexity index is 543. The molecule has 1 aromatic carbocycles. The molecule has 4 nitrogen and oxygen atoms in total. The zero-order chi connectivity index (χ0) is 15.0. The number of carbonyl (C=O) groups is 2. The minimum atomic E-state index is -0.725. The monoisotopic (exact) mass is 399 g/mol. The largest absolute Gasteiger partial charge is 0.481 e. The predicted octanol–water partition coefficient (Wildman–Crippen LogP) is 3.15. The van der Waals surface area contributed by atoms with E-state index in [2.05, 4.69) is 22.6 Å². The molecule has 0 saturated carbocycles. The second kappa shape index (κ2) is 5.94. The maximum absolute atomic E-state index is 12.7. The standard InChI is InChI=1S/C16H18INO3/c17-12-3-1-11(2-4-12)16(21)18-13-5-6-14(18)8-10(7-13)9-15(19)20/h1-4,10,13-14H,5-9H2,(H,19,20). The van der Waals surface area contributed by atoms with Gasteiger partial charge in [0.2, 0.25) is 0 Å². The predicted molar refractivity (Wildman–Crippen MR) is 87.1 cm³/mol. The molecule has 2 aliphatic rings. The SMILES string of the molecule is O=C(O)CC1CC2CCC(C1)N2C(=O)c1ccc(I)cc1. The lowest BCUT2D eigenvalue weighted by atomic mass is 9.88. The van der Waals surface area contributed by atoms with Gasteiger partial charge in [0.15, 0.2) is 0 Å². The van der Waals surface area contributed by atoms with Crippen LogP contribution < -0.4 is 0 Å². The summed E-state index contributed by atoms with van der Waals surface area (Å²) in [7, 11) is 0. The van der Waals surface area contributed by atoms with Crippen molar-refractivity contribution >= 4 is 34.5 Å². The lowest BCUT2D eigenvalue weighted by molar-refractivity contribution is -0.138. The Hall–Kier alpha value is -1.11. The fourth-order valence-electron chi connectivity index (χ4n) is 3.78. The highest BCUT2D eigenvalue weighted by Crippen LogP contribution is 2.40. The fraction of sp³-hybridized carbons (Fsp3) is 0.500. The van der Waals surface area contributed by atoms with E-state index in [1.807, 2.05) is 29.2 Å². The minimum absolute atomic E-state index is 0.104. The third-order valence-corrected chi connectivity index (χ3v) is 5.34. The molecule has 3 rings (SSSR count). The van der Waals surface area contributed by atoms with E-state index < -0.39 is 5.97 Å². The molecule has 1 aromatic rings. The van der Waals surface area contributed by atoms with Gasteiger partial charge in [0.05, 0.1) is 0 Å². The summed E-state index contributed by atoms with van der Waals surface area (Å²) in [6, 6.07) is 8.11. The summed E-state index contributed by atoms with van der Waals surface area (Å²) in [6.45, 7) is 0. The van der Waals surface area contributed by atoms with Gasteiger partial charge in [-0.25, -0.2) is 0 Å². The molecule has 0 spiro atoms. The lowest BCUT2D eigenvalue weighted by Crippen LogP contribution is -2.46. The number of aliphatic carboxylic acids is 1. The molecule has 0 aromatic heterocycles. The van der Waals surface area contributed by atoms with Crippen LogP contribution in [0.2, 0.25) is 0 Å². The van der Waals surface area contributed by atoms with Gasteiger partial charge in [0.1, 0.15) is 0 Å². The molecule has 5 heteroatoms. The average Bonchev–Trinajstić information content (AvgIpc) is 2.70. The second-order valence-corrected chi connectivity index (χ2v) is 7.29. The van der Waals surface area contributed by atoms with E-state index in [0.29, 0.717) is 0 Å². The van der Waals surface area contributed by atoms with Crippen molar-refractivity contribution in [3.8, 4) is 0 Å². The highest BCUT2D eigenvalue weighted by molar-refractivity contribution is 14.1. The van der Waals surface area contributed by atoms with Crippen molar-refractivity contribution in [2.24, 2.45) is 5.92 Å². The number of carbonyl (C=O) groups excluding carboxylic acids is 1. The van der Waals surface area contributed by atoms with Gasteiger partial charge in [-0.2, -0.15) is 0 Å². The lowest BCUT2D eigenvalue weighted by Gasteiger charge is -2.38. The zero-order valence-corrected chi connectivity index (χ0v) is 13.8. The number of hydrogen-bond donors (Lipinski definition) is 1. The summed E-state index contributed by atoms with van der Waals surface area (Å²) in [5, 5.41) is 8.96. The van der Waals surface area contributed by atoms with Gasteiger partial charge in [-0.3, -0.25) is 9.59 Å². The molecule has 2 aliphatic heterocycles. The minimum Gasteiger partial charge on any atom is -0.481 e. The summed E-state index contributed by atoms with van der Waals surface area (Å²) in [4.78, 5) is 25.6. The Balaban J connectivity index is 1.74. The van der Waals surface area contributed by atoms with E-state index in [0.717, 1.165) is 34.8 Å². The van der Waals surface area contributed by atoms with Crippen LogP contribution in [0.1, 0.15) is 42.5 Å². The number of carboxylic acids is 1. The van der Waals surface area contributed by atoms with Gasteiger partial charge in [-0.15, -0.1) is 0 Å². The van der Waals surface area contributed by atoms with Crippen molar-refractivity contribution in [1.29, 1.82) is 0 Å². The molecule has 112 valence electrons. The maximum Gasteiger partial charge on any atom is 0.303 e. The van der Waals surface area contributed by atoms with E-state index in [4.69, 9.17) is 5.11 Å². The molecule has 1 N–H and O–H groups in total. The topological polar surface area (TPSA) is 57.6 Å². The number of halogens is 1. The number of nitrogens with zero attached hydrogens (tertiary/aromatic N) is 1. The van der Waals surface area contributed by atoms with Crippen molar-refractivity contribution in [1.82, 2.24) is 4.90 Å². The number of piperidine rings is 1. The maximum atomic E-state index is 12.7. The number of rotatable bonds is 3. The van der Waals surface area contributed by atoms with E-state index >= 15 is 0 Å². The van der Waals surface area contributed by atoms with Crippen LogP contribution >= 0.6 is 22.6 Å². The number of hydrogen-bond acceptors (Lipinski definition) is 2. The quantitative estimate of drug-likeness (QED) is 0.795.